The molecule has 0 saturated heterocycles. The molecular formula is C9H20N2. The van der Waals surface area contributed by atoms with Crippen molar-refractivity contribution < 1.29 is 0 Å². The van der Waals surface area contributed by atoms with Crippen molar-refractivity contribution in [2.75, 3.05) is 19.6 Å². The van der Waals surface area contributed by atoms with Crippen molar-refractivity contribution in [3.63, 3.8) is 0 Å². The van der Waals surface area contributed by atoms with Gasteiger partial charge in [-0.05, 0) is 19.0 Å². The maximum atomic E-state index is 5.36. The highest BCUT2D eigenvalue weighted by atomic mass is 15.1. The van der Waals surface area contributed by atoms with E-state index in [-0.39, 0.29) is 0 Å². The second kappa shape index (κ2) is 7.61. The van der Waals surface area contributed by atoms with Gasteiger partial charge in [0, 0.05) is 19.6 Å². The highest BCUT2D eigenvalue weighted by Gasteiger charge is 1.93. The van der Waals surface area contributed by atoms with E-state index < -0.39 is 0 Å². The smallest absolute Gasteiger partial charge is 0.0169 e. The molecule has 0 saturated carbocycles. The molecule has 0 aliphatic heterocycles. The molecule has 0 aromatic carbocycles. The van der Waals surface area contributed by atoms with Gasteiger partial charge < -0.3 is 10.6 Å². The Morgan fingerprint density at radius 1 is 1.18 bits per heavy atom. The minimum Gasteiger partial charge on any atom is -0.378 e. The Kier molecular flexibility index (Phi) is 7.26. The summed E-state index contributed by atoms with van der Waals surface area (Å²) in [6.45, 7) is 7.32. The summed E-state index contributed by atoms with van der Waals surface area (Å²) in [6, 6.07) is 0. The van der Waals surface area contributed by atoms with Gasteiger partial charge in [0.15, 0.2) is 0 Å². The van der Waals surface area contributed by atoms with Crippen molar-refractivity contribution in [3.8, 4) is 0 Å². The third kappa shape index (κ3) is 5.92. The van der Waals surface area contributed by atoms with Crippen LogP contribution < -0.4 is 5.73 Å². The monoisotopic (exact) mass is 156 g/mol. The number of hydrogen-bond acceptors (Lipinski definition) is 2. The molecule has 2 nitrogen and oxygen atoms in total. The first-order chi connectivity index (χ1) is 5.35. The highest BCUT2D eigenvalue weighted by Crippen LogP contribution is 1.94. The molecule has 0 aliphatic carbocycles. The predicted octanol–water partition coefficient (Wildman–Crippen LogP) is 1.58. The molecule has 2 N–H and O–H groups in total. The molecule has 66 valence electrons. The van der Waals surface area contributed by atoms with E-state index in [2.05, 4.69) is 24.9 Å². The van der Waals surface area contributed by atoms with Gasteiger partial charge in [0.25, 0.3) is 0 Å². The highest BCUT2D eigenvalue weighted by molar-refractivity contribution is 4.82. The average Bonchev–Trinajstić information content (AvgIpc) is 2.01. The lowest BCUT2D eigenvalue weighted by molar-refractivity contribution is 0.375. The first kappa shape index (κ1) is 10.5. The Hall–Kier alpha value is -0.500. The van der Waals surface area contributed by atoms with Crippen LogP contribution in [0.4, 0.5) is 0 Å². The molecule has 0 rings (SSSR count). The second-order valence-corrected chi connectivity index (χ2v) is 2.66. The summed E-state index contributed by atoms with van der Waals surface area (Å²) in [6.07, 6.45) is 6.52. The van der Waals surface area contributed by atoms with Crippen molar-refractivity contribution in [1.82, 2.24) is 4.90 Å². The molecule has 0 spiro atoms. The predicted molar refractivity (Wildman–Crippen MR) is 50.3 cm³/mol. The molecule has 0 bridgehead atoms. The van der Waals surface area contributed by atoms with Gasteiger partial charge >= 0.3 is 0 Å². The van der Waals surface area contributed by atoms with Crippen LogP contribution in [0.5, 0.6) is 0 Å². The maximum Gasteiger partial charge on any atom is 0.0169 e. The first-order valence-electron chi connectivity index (χ1n) is 4.45. The summed E-state index contributed by atoms with van der Waals surface area (Å²) in [5.74, 6) is 0. The summed E-state index contributed by atoms with van der Waals surface area (Å²) >= 11 is 0. The van der Waals surface area contributed by atoms with E-state index in [0.717, 1.165) is 13.1 Å². The molecule has 0 radical (unpaired) electrons. The fraction of sp³-hybridized carbons (Fsp3) is 0.778. The molecule has 0 heterocycles. The lowest BCUT2D eigenvalue weighted by atomic mass is 10.3. The van der Waals surface area contributed by atoms with Gasteiger partial charge in [-0.25, -0.2) is 0 Å². The Balaban J connectivity index is 3.58. The van der Waals surface area contributed by atoms with Crippen LogP contribution in [0.1, 0.15) is 26.7 Å². The van der Waals surface area contributed by atoms with E-state index in [1.807, 2.05) is 6.08 Å². The summed E-state index contributed by atoms with van der Waals surface area (Å²) in [7, 11) is 0. The standard InChI is InChI=1S/C9H20N2/c1-3-7-11(8-4-2)9-5-6-10/h5,9H,3-4,6-8,10H2,1-2H3. The van der Waals surface area contributed by atoms with Gasteiger partial charge in [-0.3, -0.25) is 0 Å². The van der Waals surface area contributed by atoms with E-state index in [1.54, 1.807) is 0 Å². The minimum absolute atomic E-state index is 0.643. The molecule has 0 aliphatic rings. The molecule has 0 atom stereocenters. The SMILES string of the molecule is CCCN(C=CCN)CCC. The lowest BCUT2D eigenvalue weighted by Crippen LogP contribution is -2.19. The molecule has 0 unspecified atom stereocenters. The summed E-state index contributed by atoms with van der Waals surface area (Å²) in [5, 5.41) is 0. The third-order valence-corrected chi connectivity index (χ3v) is 1.47. The summed E-state index contributed by atoms with van der Waals surface area (Å²) in [4.78, 5) is 2.31. The molecule has 0 aromatic rings. The number of hydrogen-bond donors (Lipinski definition) is 1. The summed E-state index contributed by atoms with van der Waals surface area (Å²) < 4.78 is 0. The van der Waals surface area contributed by atoms with Gasteiger partial charge in [0.2, 0.25) is 0 Å². The number of rotatable bonds is 6. The normalized spacial score (nSPS) is 10.8. The largest absolute Gasteiger partial charge is 0.378 e. The average molecular weight is 156 g/mol. The Bertz CT molecular complexity index is 93.7. The molecule has 11 heavy (non-hydrogen) atoms. The van der Waals surface area contributed by atoms with E-state index in [1.165, 1.54) is 12.8 Å². The Morgan fingerprint density at radius 2 is 1.73 bits per heavy atom. The van der Waals surface area contributed by atoms with Gasteiger partial charge in [-0.2, -0.15) is 0 Å². The zero-order chi connectivity index (χ0) is 8.53. The first-order valence-corrected chi connectivity index (χ1v) is 4.45. The van der Waals surface area contributed by atoms with E-state index in [0.29, 0.717) is 6.54 Å². The maximum absolute atomic E-state index is 5.36. The van der Waals surface area contributed by atoms with Crippen LogP contribution in [0, 0.1) is 0 Å². The van der Waals surface area contributed by atoms with Crippen LogP contribution in [0.3, 0.4) is 0 Å². The van der Waals surface area contributed by atoms with Crippen LogP contribution in [-0.2, 0) is 0 Å². The second-order valence-electron chi connectivity index (χ2n) is 2.66. The quantitative estimate of drug-likeness (QED) is 0.632. The molecule has 2 heteroatoms. The van der Waals surface area contributed by atoms with Gasteiger partial charge in [-0.15, -0.1) is 0 Å². The van der Waals surface area contributed by atoms with Crippen molar-refractivity contribution in [2.45, 2.75) is 26.7 Å². The van der Waals surface area contributed by atoms with E-state index >= 15 is 0 Å². The fourth-order valence-electron chi connectivity index (χ4n) is 1.05. The fourth-order valence-corrected chi connectivity index (χ4v) is 1.05. The Morgan fingerprint density at radius 3 is 2.09 bits per heavy atom. The summed E-state index contributed by atoms with van der Waals surface area (Å²) in [5.41, 5.74) is 5.36. The molecule has 0 aromatic heterocycles. The van der Waals surface area contributed by atoms with Crippen LogP contribution in [0.2, 0.25) is 0 Å². The van der Waals surface area contributed by atoms with Crippen LogP contribution in [0.25, 0.3) is 0 Å². The number of nitrogens with two attached hydrogens (primary N) is 1. The van der Waals surface area contributed by atoms with Crippen LogP contribution >= 0.6 is 0 Å². The van der Waals surface area contributed by atoms with Gasteiger partial charge in [0.05, 0.1) is 0 Å². The molecule has 0 fully saturated rings. The molecule has 0 amide bonds. The van der Waals surface area contributed by atoms with Crippen LogP contribution in [-0.4, -0.2) is 24.5 Å². The third-order valence-electron chi connectivity index (χ3n) is 1.47. The topological polar surface area (TPSA) is 29.3 Å². The van der Waals surface area contributed by atoms with E-state index in [9.17, 15) is 0 Å². The Labute approximate surface area is 70.1 Å². The van der Waals surface area contributed by atoms with Crippen molar-refractivity contribution in [1.29, 1.82) is 0 Å². The minimum atomic E-state index is 0.643. The van der Waals surface area contributed by atoms with Crippen LogP contribution in [0.15, 0.2) is 12.3 Å². The lowest BCUT2D eigenvalue weighted by Gasteiger charge is -2.18. The van der Waals surface area contributed by atoms with Crippen molar-refractivity contribution in [3.05, 3.63) is 12.3 Å². The zero-order valence-electron chi connectivity index (χ0n) is 7.71. The van der Waals surface area contributed by atoms with Crippen molar-refractivity contribution >= 4 is 0 Å². The van der Waals surface area contributed by atoms with Gasteiger partial charge in [-0.1, -0.05) is 19.9 Å². The van der Waals surface area contributed by atoms with E-state index in [4.69, 9.17) is 5.73 Å². The van der Waals surface area contributed by atoms with Crippen molar-refractivity contribution in [2.24, 2.45) is 5.73 Å². The number of nitrogens with zero attached hydrogens (tertiary/aromatic N) is 1. The molecular weight excluding hydrogens is 136 g/mol. The zero-order valence-corrected chi connectivity index (χ0v) is 7.71. The van der Waals surface area contributed by atoms with Gasteiger partial charge in [0.1, 0.15) is 0 Å².